The minimum atomic E-state index is 0.00759. The average molecular weight is 412 g/mol. The molecule has 1 aromatic carbocycles. The highest BCUT2D eigenvalue weighted by molar-refractivity contribution is 5.97. The largest absolute Gasteiger partial charge is 0.352 e. The number of hydrogen-bond acceptors (Lipinski definition) is 8. The summed E-state index contributed by atoms with van der Waals surface area (Å²) in [6.07, 6.45) is 5.00. The Morgan fingerprint density at radius 3 is 2.35 bits per heavy atom. The van der Waals surface area contributed by atoms with E-state index in [0.717, 1.165) is 22.7 Å². The lowest BCUT2D eigenvalue weighted by atomic mass is 10.1. The van der Waals surface area contributed by atoms with Crippen molar-refractivity contribution in [3.8, 4) is 0 Å². The molecule has 0 aliphatic carbocycles. The molecule has 0 radical (unpaired) electrons. The summed E-state index contributed by atoms with van der Waals surface area (Å²) in [6, 6.07) is 14.9. The molecule has 5 rings (SSSR count). The number of rotatable bonds is 4. The van der Waals surface area contributed by atoms with Crippen molar-refractivity contribution in [2.24, 2.45) is 0 Å². The van der Waals surface area contributed by atoms with E-state index in [1.165, 1.54) is 0 Å². The number of carbonyl (C=O) groups is 1. The topological polar surface area (TPSA) is 100 Å². The van der Waals surface area contributed by atoms with Gasteiger partial charge in [0.1, 0.15) is 5.82 Å². The number of hydrogen-bond donors (Lipinski definition) is 1. The number of amides is 1. The zero-order valence-electron chi connectivity index (χ0n) is 16.7. The number of aromatic nitrogens is 5. The Bertz CT molecular complexity index is 1190. The summed E-state index contributed by atoms with van der Waals surface area (Å²) >= 11 is 0. The maximum Gasteiger partial charge on any atom is 0.254 e. The molecule has 3 aromatic heterocycles. The molecule has 9 nitrogen and oxygen atoms in total. The summed E-state index contributed by atoms with van der Waals surface area (Å²) in [7, 11) is 0. The van der Waals surface area contributed by atoms with Gasteiger partial charge in [0.25, 0.3) is 5.91 Å². The maximum absolute atomic E-state index is 12.9. The second kappa shape index (κ2) is 8.31. The van der Waals surface area contributed by atoms with Gasteiger partial charge in [0.2, 0.25) is 0 Å². The lowest BCUT2D eigenvalue weighted by Crippen LogP contribution is -2.49. The van der Waals surface area contributed by atoms with Crippen molar-refractivity contribution in [1.29, 1.82) is 0 Å². The molecule has 9 heteroatoms. The average Bonchev–Trinajstić information content (AvgIpc) is 2.84. The molecule has 0 unspecified atom stereocenters. The molecule has 0 spiro atoms. The van der Waals surface area contributed by atoms with Gasteiger partial charge in [0, 0.05) is 50.3 Å². The first-order valence-corrected chi connectivity index (χ1v) is 10.0. The van der Waals surface area contributed by atoms with Gasteiger partial charge in [-0.05, 0) is 42.5 Å². The molecule has 1 fully saturated rings. The summed E-state index contributed by atoms with van der Waals surface area (Å²) in [4.78, 5) is 29.7. The highest BCUT2D eigenvalue weighted by Gasteiger charge is 2.23. The predicted octanol–water partition coefficient (Wildman–Crippen LogP) is 2.52. The Kier molecular flexibility index (Phi) is 5.05. The molecule has 0 saturated carbocycles. The third-order valence-corrected chi connectivity index (χ3v) is 5.18. The van der Waals surface area contributed by atoms with Crippen LogP contribution in [-0.4, -0.2) is 62.1 Å². The Labute approximate surface area is 178 Å². The molecule has 1 N–H and O–H groups in total. The van der Waals surface area contributed by atoms with E-state index in [2.05, 4.69) is 35.4 Å². The smallest absolute Gasteiger partial charge is 0.254 e. The van der Waals surface area contributed by atoms with E-state index in [1.807, 2.05) is 47.4 Å². The first-order chi connectivity index (χ1) is 15.3. The summed E-state index contributed by atoms with van der Waals surface area (Å²) in [5.74, 6) is 2.15. The van der Waals surface area contributed by atoms with Crippen molar-refractivity contribution in [2.75, 3.05) is 36.4 Å². The van der Waals surface area contributed by atoms with E-state index < -0.39 is 0 Å². The molecule has 0 bridgehead atoms. The van der Waals surface area contributed by atoms with Gasteiger partial charge in [-0.25, -0.2) is 4.98 Å². The van der Waals surface area contributed by atoms with E-state index in [0.29, 0.717) is 37.6 Å². The molecule has 4 heterocycles. The fourth-order valence-electron chi connectivity index (χ4n) is 3.55. The number of benzene rings is 1. The number of fused-ring (bicyclic) bond motifs is 1. The Morgan fingerprint density at radius 2 is 1.61 bits per heavy atom. The molecule has 0 atom stereocenters. The number of piperazine rings is 1. The monoisotopic (exact) mass is 412 g/mol. The molecule has 1 amide bonds. The fourth-order valence-corrected chi connectivity index (χ4v) is 3.55. The van der Waals surface area contributed by atoms with Crippen LogP contribution in [0, 0.1) is 0 Å². The van der Waals surface area contributed by atoms with Gasteiger partial charge in [0.15, 0.2) is 11.6 Å². The zero-order valence-corrected chi connectivity index (χ0v) is 16.7. The zero-order chi connectivity index (χ0) is 21.0. The second-order valence-electron chi connectivity index (χ2n) is 7.16. The predicted molar refractivity (Wildman–Crippen MR) is 117 cm³/mol. The second-order valence-corrected chi connectivity index (χ2v) is 7.16. The maximum atomic E-state index is 12.9. The molecular weight excluding hydrogens is 392 g/mol. The number of carbonyl (C=O) groups excluding carboxylic acids is 1. The van der Waals surface area contributed by atoms with Crippen LogP contribution in [-0.2, 0) is 0 Å². The van der Waals surface area contributed by atoms with Crippen LogP contribution in [0.2, 0.25) is 0 Å². The summed E-state index contributed by atoms with van der Waals surface area (Å²) in [6.45, 7) is 2.63. The van der Waals surface area contributed by atoms with Crippen molar-refractivity contribution in [3.63, 3.8) is 0 Å². The molecule has 31 heavy (non-hydrogen) atoms. The SMILES string of the molecule is O=C(c1ccc2nccnc2c1)N1CCN(c2ccc(Nc3ccccn3)nn2)CC1. The summed E-state index contributed by atoms with van der Waals surface area (Å²) < 4.78 is 0. The molecular formula is C22H20N8O. The van der Waals surface area contributed by atoms with E-state index in [9.17, 15) is 4.79 Å². The van der Waals surface area contributed by atoms with Gasteiger partial charge in [0.05, 0.1) is 11.0 Å². The molecule has 1 saturated heterocycles. The Hall–Kier alpha value is -4.14. The van der Waals surface area contributed by atoms with Crippen LogP contribution in [0.3, 0.4) is 0 Å². The van der Waals surface area contributed by atoms with Crippen LogP contribution in [0.5, 0.6) is 0 Å². The fraction of sp³-hybridized carbons (Fsp3) is 0.182. The quantitative estimate of drug-likeness (QED) is 0.546. The van der Waals surface area contributed by atoms with Crippen molar-refractivity contribution in [3.05, 3.63) is 72.7 Å². The third kappa shape index (κ3) is 4.11. The number of nitrogens with zero attached hydrogens (tertiary/aromatic N) is 7. The molecule has 1 aliphatic heterocycles. The Balaban J connectivity index is 1.21. The molecule has 154 valence electrons. The highest BCUT2D eigenvalue weighted by atomic mass is 16.2. The van der Waals surface area contributed by atoms with Crippen LogP contribution in [0.15, 0.2) is 67.1 Å². The minimum Gasteiger partial charge on any atom is -0.352 e. The minimum absolute atomic E-state index is 0.00759. The first kappa shape index (κ1) is 18.9. The normalized spacial score (nSPS) is 13.9. The van der Waals surface area contributed by atoms with Crippen LogP contribution in [0.1, 0.15) is 10.4 Å². The highest BCUT2D eigenvalue weighted by Crippen LogP contribution is 2.18. The van der Waals surface area contributed by atoms with Gasteiger partial charge in [-0.1, -0.05) is 6.07 Å². The van der Waals surface area contributed by atoms with E-state index in [-0.39, 0.29) is 5.91 Å². The summed E-state index contributed by atoms with van der Waals surface area (Å²) in [5.41, 5.74) is 2.14. The van der Waals surface area contributed by atoms with Crippen molar-refractivity contribution < 1.29 is 4.79 Å². The first-order valence-electron chi connectivity index (χ1n) is 10.0. The number of nitrogens with one attached hydrogen (secondary N) is 1. The van der Waals surface area contributed by atoms with Crippen LogP contribution in [0.4, 0.5) is 17.5 Å². The van der Waals surface area contributed by atoms with E-state index in [1.54, 1.807) is 24.7 Å². The Morgan fingerprint density at radius 1 is 0.774 bits per heavy atom. The van der Waals surface area contributed by atoms with Gasteiger partial charge in [-0.3, -0.25) is 14.8 Å². The van der Waals surface area contributed by atoms with Gasteiger partial charge in [-0.2, -0.15) is 0 Å². The van der Waals surface area contributed by atoms with Crippen molar-refractivity contribution >= 4 is 34.4 Å². The van der Waals surface area contributed by atoms with Gasteiger partial charge >= 0.3 is 0 Å². The molecule has 1 aliphatic rings. The lowest BCUT2D eigenvalue weighted by molar-refractivity contribution is 0.0746. The van der Waals surface area contributed by atoms with Crippen molar-refractivity contribution in [1.82, 2.24) is 30.0 Å². The number of pyridine rings is 1. The number of anilines is 3. The van der Waals surface area contributed by atoms with Crippen molar-refractivity contribution in [2.45, 2.75) is 0 Å². The van der Waals surface area contributed by atoms with Gasteiger partial charge < -0.3 is 15.1 Å². The summed E-state index contributed by atoms with van der Waals surface area (Å²) in [5, 5.41) is 11.7. The van der Waals surface area contributed by atoms with Crippen LogP contribution < -0.4 is 10.2 Å². The van der Waals surface area contributed by atoms with Gasteiger partial charge in [-0.15, -0.1) is 10.2 Å². The molecule has 4 aromatic rings. The standard InChI is InChI=1S/C22H20N8O/c31-22(16-4-5-17-18(15-16)24-10-9-23-17)30-13-11-29(12-14-30)21-7-6-20(27-28-21)26-19-3-1-2-8-25-19/h1-10,15H,11-14H2,(H,25,26,27). The third-order valence-electron chi connectivity index (χ3n) is 5.18. The lowest BCUT2D eigenvalue weighted by Gasteiger charge is -2.35. The van der Waals surface area contributed by atoms with Crippen LogP contribution >= 0.6 is 0 Å². The van der Waals surface area contributed by atoms with Crippen LogP contribution in [0.25, 0.3) is 11.0 Å². The van der Waals surface area contributed by atoms with E-state index in [4.69, 9.17) is 0 Å². The van der Waals surface area contributed by atoms with E-state index >= 15 is 0 Å².